The van der Waals surface area contributed by atoms with Crippen LogP contribution >= 0.6 is 15.9 Å². The van der Waals surface area contributed by atoms with E-state index in [1.165, 1.54) is 6.20 Å². The minimum absolute atomic E-state index is 0.180. The highest BCUT2D eigenvalue weighted by Gasteiger charge is 2.25. The molecule has 1 aromatic heterocycles. The zero-order valence-corrected chi connectivity index (χ0v) is 11.1. The van der Waals surface area contributed by atoms with E-state index in [0.717, 1.165) is 0 Å². The van der Waals surface area contributed by atoms with Crippen LogP contribution in [0.5, 0.6) is 0 Å². The molecule has 0 bridgehead atoms. The summed E-state index contributed by atoms with van der Waals surface area (Å²) in [6, 6.07) is 2.43. The zero-order valence-electron chi connectivity index (χ0n) is 9.48. The highest BCUT2D eigenvalue weighted by atomic mass is 79.9. The molecule has 5 nitrogen and oxygen atoms in total. The van der Waals surface area contributed by atoms with Crippen molar-refractivity contribution in [3.8, 4) is 0 Å². The first-order valence-electron chi connectivity index (χ1n) is 5.07. The van der Waals surface area contributed by atoms with Crippen LogP contribution in [0.25, 0.3) is 0 Å². The molecule has 0 fully saturated rings. The minimum atomic E-state index is -1.06. The van der Waals surface area contributed by atoms with Gasteiger partial charge in [0.05, 0.1) is 0 Å². The summed E-state index contributed by atoms with van der Waals surface area (Å²) in [6.07, 6.45) is 1.48. The number of nitrogens with zero attached hydrogens (tertiary/aromatic N) is 1. The van der Waals surface area contributed by atoms with Crippen LogP contribution in [0.15, 0.2) is 22.8 Å². The SMILES string of the molecule is CC(C)[C@H](NC(=O)c1ncccc1Br)C(=O)O. The van der Waals surface area contributed by atoms with Gasteiger partial charge in [0, 0.05) is 10.7 Å². The normalized spacial score (nSPS) is 12.2. The van der Waals surface area contributed by atoms with Gasteiger partial charge in [0.2, 0.25) is 0 Å². The van der Waals surface area contributed by atoms with Gasteiger partial charge in [-0.15, -0.1) is 0 Å². The maximum absolute atomic E-state index is 11.8. The number of carbonyl (C=O) groups excluding carboxylic acids is 1. The van der Waals surface area contributed by atoms with Gasteiger partial charge in [0.25, 0.3) is 5.91 Å². The maximum atomic E-state index is 11.8. The van der Waals surface area contributed by atoms with E-state index in [0.29, 0.717) is 4.47 Å². The van der Waals surface area contributed by atoms with Crippen molar-refractivity contribution in [2.24, 2.45) is 5.92 Å². The summed E-state index contributed by atoms with van der Waals surface area (Å²) < 4.78 is 0.533. The van der Waals surface area contributed by atoms with Crippen LogP contribution in [0.2, 0.25) is 0 Å². The van der Waals surface area contributed by atoms with Crippen molar-refractivity contribution < 1.29 is 14.7 Å². The lowest BCUT2D eigenvalue weighted by atomic mass is 10.0. The number of carboxylic acid groups (broad SMARTS) is 1. The number of halogens is 1. The van der Waals surface area contributed by atoms with Gasteiger partial charge in [-0.25, -0.2) is 9.78 Å². The lowest BCUT2D eigenvalue weighted by molar-refractivity contribution is -0.140. The Morgan fingerprint density at radius 1 is 1.47 bits per heavy atom. The molecule has 0 spiro atoms. The molecule has 0 saturated carbocycles. The van der Waals surface area contributed by atoms with Crippen molar-refractivity contribution in [3.63, 3.8) is 0 Å². The third-order valence-corrected chi connectivity index (χ3v) is 2.83. The molecule has 0 aliphatic heterocycles. The molecule has 0 aliphatic rings. The number of carbonyl (C=O) groups is 2. The number of aliphatic carboxylic acids is 1. The Morgan fingerprint density at radius 3 is 2.59 bits per heavy atom. The van der Waals surface area contributed by atoms with Crippen molar-refractivity contribution in [1.29, 1.82) is 0 Å². The van der Waals surface area contributed by atoms with Gasteiger partial charge in [0.1, 0.15) is 11.7 Å². The first kappa shape index (κ1) is 13.6. The summed E-state index contributed by atoms with van der Waals surface area (Å²) >= 11 is 3.19. The van der Waals surface area contributed by atoms with E-state index in [1.54, 1.807) is 26.0 Å². The van der Waals surface area contributed by atoms with Gasteiger partial charge in [0.15, 0.2) is 0 Å². The van der Waals surface area contributed by atoms with Gasteiger partial charge in [-0.05, 0) is 34.0 Å². The summed E-state index contributed by atoms with van der Waals surface area (Å²) in [6.45, 7) is 3.46. The third kappa shape index (κ3) is 3.52. The maximum Gasteiger partial charge on any atom is 0.326 e. The highest BCUT2D eigenvalue weighted by molar-refractivity contribution is 9.10. The number of amides is 1. The molecule has 2 N–H and O–H groups in total. The largest absolute Gasteiger partial charge is 0.480 e. The molecule has 1 atom stereocenters. The second kappa shape index (κ2) is 5.77. The molecule has 0 aliphatic carbocycles. The average Bonchev–Trinajstić information content (AvgIpc) is 2.25. The Hall–Kier alpha value is -1.43. The molecule has 1 rings (SSSR count). The summed E-state index contributed by atoms with van der Waals surface area (Å²) in [7, 11) is 0. The molecular formula is C11H13BrN2O3. The fraction of sp³-hybridized carbons (Fsp3) is 0.364. The number of hydrogen-bond donors (Lipinski definition) is 2. The Bertz CT molecular complexity index is 434. The van der Waals surface area contributed by atoms with Gasteiger partial charge in [-0.2, -0.15) is 0 Å². The highest BCUT2D eigenvalue weighted by Crippen LogP contribution is 2.13. The quantitative estimate of drug-likeness (QED) is 0.887. The van der Waals surface area contributed by atoms with E-state index < -0.39 is 17.9 Å². The molecule has 0 saturated heterocycles. The fourth-order valence-electron chi connectivity index (χ4n) is 1.28. The third-order valence-electron chi connectivity index (χ3n) is 2.19. The lowest BCUT2D eigenvalue weighted by Gasteiger charge is -2.17. The smallest absolute Gasteiger partial charge is 0.326 e. The molecule has 6 heteroatoms. The van der Waals surface area contributed by atoms with E-state index >= 15 is 0 Å². The minimum Gasteiger partial charge on any atom is -0.480 e. The number of rotatable bonds is 4. The molecule has 92 valence electrons. The van der Waals surface area contributed by atoms with Crippen molar-refractivity contribution in [1.82, 2.24) is 10.3 Å². The van der Waals surface area contributed by atoms with Gasteiger partial charge in [-0.3, -0.25) is 4.79 Å². The van der Waals surface area contributed by atoms with Crippen LogP contribution in [0.3, 0.4) is 0 Å². The standard InChI is InChI=1S/C11H13BrN2O3/c1-6(2)8(11(16)17)14-10(15)9-7(12)4-3-5-13-9/h3-6,8H,1-2H3,(H,14,15)(H,16,17)/t8-/m0/s1. The molecule has 0 aromatic carbocycles. The Kier molecular flexibility index (Phi) is 4.62. The number of hydrogen-bond acceptors (Lipinski definition) is 3. The monoisotopic (exact) mass is 300 g/mol. The number of aromatic nitrogens is 1. The van der Waals surface area contributed by atoms with E-state index in [4.69, 9.17) is 5.11 Å². The van der Waals surface area contributed by atoms with Gasteiger partial charge >= 0.3 is 5.97 Å². The van der Waals surface area contributed by atoms with Crippen LogP contribution in [-0.4, -0.2) is 28.0 Å². The summed E-state index contributed by atoms with van der Waals surface area (Å²) in [5, 5.41) is 11.4. The molecule has 1 heterocycles. The zero-order chi connectivity index (χ0) is 13.0. The molecule has 1 aromatic rings. The molecular weight excluding hydrogens is 288 g/mol. The van der Waals surface area contributed by atoms with Crippen LogP contribution in [0, 0.1) is 5.92 Å². The van der Waals surface area contributed by atoms with E-state index in [2.05, 4.69) is 26.2 Å². The molecule has 1 amide bonds. The van der Waals surface area contributed by atoms with Gasteiger partial charge < -0.3 is 10.4 Å². The number of nitrogens with one attached hydrogen (secondary N) is 1. The topological polar surface area (TPSA) is 79.3 Å². The predicted octanol–water partition coefficient (Wildman–Crippen LogP) is 1.68. The summed E-state index contributed by atoms with van der Waals surface area (Å²) in [5.41, 5.74) is 0.180. The first-order chi connectivity index (χ1) is 7.93. The van der Waals surface area contributed by atoms with Crippen molar-refractivity contribution in [2.45, 2.75) is 19.9 Å². The van der Waals surface area contributed by atoms with Crippen molar-refractivity contribution in [2.75, 3.05) is 0 Å². The van der Waals surface area contributed by atoms with Crippen LogP contribution < -0.4 is 5.32 Å². The molecule has 0 radical (unpaired) electrons. The Labute approximate surface area is 107 Å². The molecule has 0 unspecified atom stereocenters. The van der Waals surface area contributed by atoms with E-state index in [-0.39, 0.29) is 11.6 Å². The summed E-state index contributed by atoms with van der Waals surface area (Å²) in [5.74, 6) is -1.75. The second-order valence-electron chi connectivity index (χ2n) is 3.87. The summed E-state index contributed by atoms with van der Waals surface area (Å²) in [4.78, 5) is 26.7. The van der Waals surface area contributed by atoms with Crippen molar-refractivity contribution >= 4 is 27.8 Å². The fourth-order valence-corrected chi connectivity index (χ4v) is 1.71. The Balaban J connectivity index is 2.85. The van der Waals surface area contributed by atoms with E-state index in [9.17, 15) is 9.59 Å². The molecule has 17 heavy (non-hydrogen) atoms. The van der Waals surface area contributed by atoms with Crippen LogP contribution in [0.4, 0.5) is 0 Å². The first-order valence-corrected chi connectivity index (χ1v) is 5.87. The predicted molar refractivity (Wildman–Crippen MR) is 65.7 cm³/mol. The Morgan fingerprint density at radius 2 is 2.12 bits per heavy atom. The van der Waals surface area contributed by atoms with Crippen LogP contribution in [0.1, 0.15) is 24.3 Å². The average molecular weight is 301 g/mol. The number of pyridine rings is 1. The van der Waals surface area contributed by atoms with Gasteiger partial charge in [-0.1, -0.05) is 13.8 Å². The van der Waals surface area contributed by atoms with Crippen molar-refractivity contribution in [3.05, 3.63) is 28.5 Å². The van der Waals surface area contributed by atoms with Crippen LogP contribution in [-0.2, 0) is 4.79 Å². The second-order valence-corrected chi connectivity index (χ2v) is 4.72. The number of carboxylic acids is 1. The lowest BCUT2D eigenvalue weighted by Crippen LogP contribution is -2.44. The van der Waals surface area contributed by atoms with E-state index in [1.807, 2.05) is 0 Å².